The molecule has 0 spiro atoms. The van der Waals surface area contributed by atoms with Crippen LogP contribution >= 0.6 is 0 Å². The number of amides is 1. The number of nitrogens with zero attached hydrogens (tertiary/aromatic N) is 2. The highest BCUT2D eigenvalue weighted by molar-refractivity contribution is 5.84. The number of nitro groups is 1. The van der Waals surface area contributed by atoms with E-state index >= 15 is 0 Å². The van der Waals surface area contributed by atoms with Crippen molar-refractivity contribution in [3.05, 3.63) is 57.1 Å². The minimum Gasteiger partial charge on any atom is -0.493 e. The van der Waals surface area contributed by atoms with Crippen LogP contribution in [-0.2, 0) is 9.59 Å². The predicted octanol–water partition coefficient (Wildman–Crippen LogP) is 2.67. The number of hydrogen-bond acceptors (Lipinski definition) is 8. The molecule has 0 radical (unpaired) electrons. The predicted molar refractivity (Wildman–Crippen MR) is 108 cm³/mol. The molecule has 0 bridgehead atoms. The Balaban J connectivity index is 1.96. The fourth-order valence-electron chi connectivity index (χ4n) is 2.61. The van der Waals surface area contributed by atoms with Gasteiger partial charge in [-0.1, -0.05) is 0 Å². The first-order valence-electron chi connectivity index (χ1n) is 8.78. The van der Waals surface area contributed by atoms with Gasteiger partial charge in [0, 0.05) is 19.1 Å². The minimum atomic E-state index is -0.507. The third-order valence-corrected chi connectivity index (χ3v) is 3.85. The Hall–Kier alpha value is -3.95. The Bertz CT molecular complexity index is 979. The zero-order valence-corrected chi connectivity index (χ0v) is 16.9. The molecule has 0 aliphatic rings. The van der Waals surface area contributed by atoms with Crippen LogP contribution in [0.3, 0.4) is 0 Å². The van der Waals surface area contributed by atoms with Gasteiger partial charge in [0.2, 0.25) is 0 Å². The summed E-state index contributed by atoms with van der Waals surface area (Å²) in [5.41, 5.74) is 4.00. The highest BCUT2D eigenvalue weighted by Gasteiger charge is 2.14. The van der Waals surface area contributed by atoms with E-state index in [0.717, 1.165) is 0 Å². The second kappa shape index (κ2) is 10.0. The summed E-state index contributed by atoms with van der Waals surface area (Å²) in [6.07, 6.45) is 1.39. The zero-order valence-electron chi connectivity index (χ0n) is 16.9. The number of methoxy groups -OCH3 is 1. The van der Waals surface area contributed by atoms with Crippen LogP contribution in [0.4, 0.5) is 5.69 Å². The third kappa shape index (κ3) is 6.03. The molecular formula is C20H21N3O7. The van der Waals surface area contributed by atoms with Gasteiger partial charge in [-0.15, -0.1) is 0 Å². The number of esters is 1. The highest BCUT2D eigenvalue weighted by atomic mass is 16.6. The molecule has 2 aromatic rings. The molecule has 2 rings (SSSR count). The van der Waals surface area contributed by atoms with Gasteiger partial charge in [0.25, 0.3) is 11.6 Å². The van der Waals surface area contributed by atoms with Crippen LogP contribution in [0.1, 0.15) is 23.6 Å². The van der Waals surface area contributed by atoms with E-state index in [9.17, 15) is 19.7 Å². The van der Waals surface area contributed by atoms with Gasteiger partial charge in [0.1, 0.15) is 5.75 Å². The minimum absolute atomic E-state index is 0.0402. The number of hydrazone groups is 1. The summed E-state index contributed by atoms with van der Waals surface area (Å²) in [7, 11) is 1.44. The lowest BCUT2D eigenvalue weighted by Gasteiger charge is -2.11. The molecule has 1 amide bonds. The van der Waals surface area contributed by atoms with Crippen LogP contribution in [0, 0.1) is 24.0 Å². The number of carbonyl (C=O) groups excluding carboxylic acids is 2. The molecule has 10 nitrogen and oxygen atoms in total. The smallest absolute Gasteiger partial charge is 0.308 e. The fraction of sp³-hybridized carbons (Fsp3) is 0.250. The van der Waals surface area contributed by atoms with Crippen molar-refractivity contribution in [2.75, 3.05) is 13.7 Å². The number of aryl methyl sites for hydroxylation is 2. The van der Waals surface area contributed by atoms with Crippen molar-refractivity contribution in [3.8, 4) is 17.2 Å². The quantitative estimate of drug-likeness (QED) is 0.231. The molecule has 0 atom stereocenters. The molecule has 0 aromatic heterocycles. The molecule has 2 aromatic carbocycles. The van der Waals surface area contributed by atoms with Gasteiger partial charge in [0.15, 0.2) is 18.1 Å². The second-order valence-corrected chi connectivity index (χ2v) is 6.25. The first kappa shape index (κ1) is 22.3. The summed E-state index contributed by atoms with van der Waals surface area (Å²) in [6.45, 7) is 4.30. The van der Waals surface area contributed by atoms with Crippen molar-refractivity contribution in [1.82, 2.24) is 5.43 Å². The molecular weight excluding hydrogens is 394 g/mol. The van der Waals surface area contributed by atoms with Crippen molar-refractivity contribution < 1.29 is 28.7 Å². The maximum absolute atomic E-state index is 12.0. The van der Waals surface area contributed by atoms with E-state index in [4.69, 9.17) is 14.2 Å². The molecule has 0 unspecified atom stereocenters. The lowest BCUT2D eigenvalue weighted by molar-refractivity contribution is -0.385. The maximum Gasteiger partial charge on any atom is 0.308 e. The second-order valence-electron chi connectivity index (χ2n) is 6.25. The number of ether oxygens (including phenoxy) is 3. The van der Waals surface area contributed by atoms with Crippen molar-refractivity contribution in [1.29, 1.82) is 0 Å². The fourth-order valence-corrected chi connectivity index (χ4v) is 2.61. The molecule has 1 N–H and O–H groups in total. The van der Waals surface area contributed by atoms with Gasteiger partial charge in [-0.05, 0) is 48.7 Å². The Kier molecular flexibility index (Phi) is 7.45. The standard InChI is InChI=1S/C20H21N3O7/c1-12-7-16(23(26)27)8-13(2)20(12)29-11-19(25)22-21-10-15-5-6-17(30-14(3)24)18(9-15)28-4/h5-10H,11H2,1-4H3,(H,22,25). The number of rotatable bonds is 8. The Morgan fingerprint density at radius 2 is 1.83 bits per heavy atom. The van der Waals surface area contributed by atoms with Gasteiger partial charge in [0.05, 0.1) is 18.2 Å². The molecule has 0 heterocycles. The van der Waals surface area contributed by atoms with E-state index in [1.807, 2.05) is 0 Å². The van der Waals surface area contributed by atoms with Gasteiger partial charge >= 0.3 is 5.97 Å². The van der Waals surface area contributed by atoms with Crippen molar-refractivity contribution in [3.63, 3.8) is 0 Å². The third-order valence-electron chi connectivity index (χ3n) is 3.85. The van der Waals surface area contributed by atoms with Crippen LogP contribution in [0.15, 0.2) is 35.4 Å². The molecule has 30 heavy (non-hydrogen) atoms. The van der Waals surface area contributed by atoms with E-state index in [-0.39, 0.29) is 18.0 Å². The topological polar surface area (TPSA) is 129 Å². The molecule has 158 valence electrons. The summed E-state index contributed by atoms with van der Waals surface area (Å²) in [6, 6.07) is 7.54. The van der Waals surface area contributed by atoms with Gasteiger partial charge in [-0.25, -0.2) is 5.43 Å². The van der Waals surface area contributed by atoms with Gasteiger partial charge in [-0.3, -0.25) is 19.7 Å². The lowest BCUT2D eigenvalue weighted by Crippen LogP contribution is -2.25. The first-order valence-corrected chi connectivity index (χ1v) is 8.78. The van der Waals surface area contributed by atoms with E-state index in [1.165, 1.54) is 32.4 Å². The van der Waals surface area contributed by atoms with Crippen LogP contribution < -0.4 is 19.6 Å². The number of hydrogen-bond donors (Lipinski definition) is 1. The van der Waals surface area contributed by atoms with Gasteiger partial charge in [-0.2, -0.15) is 5.10 Å². The number of benzene rings is 2. The number of non-ortho nitro benzene ring substituents is 1. The van der Waals surface area contributed by atoms with Crippen LogP contribution in [-0.4, -0.2) is 36.7 Å². The molecule has 0 saturated carbocycles. The zero-order chi connectivity index (χ0) is 22.3. The van der Waals surface area contributed by atoms with Crippen LogP contribution in [0.2, 0.25) is 0 Å². The summed E-state index contributed by atoms with van der Waals surface area (Å²) >= 11 is 0. The van der Waals surface area contributed by atoms with E-state index in [0.29, 0.717) is 28.2 Å². The summed E-state index contributed by atoms with van der Waals surface area (Å²) in [4.78, 5) is 33.4. The van der Waals surface area contributed by atoms with Crippen molar-refractivity contribution >= 4 is 23.8 Å². The SMILES string of the molecule is COc1cc(C=NNC(=O)COc2c(C)cc([N+](=O)[O-])cc2C)ccc1OC(C)=O. The molecule has 0 aliphatic carbocycles. The average molecular weight is 415 g/mol. The Morgan fingerprint density at radius 3 is 2.40 bits per heavy atom. The normalized spacial score (nSPS) is 10.5. The van der Waals surface area contributed by atoms with Crippen LogP contribution in [0.5, 0.6) is 17.2 Å². The van der Waals surface area contributed by atoms with E-state index in [2.05, 4.69) is 10.5 Å². The highest BCUT2D eigenvalue weighted by Crippen LogP contribution is 2.28. The van der Waals surface area contributed by atoms with E-state index < -0.39 is 16.8 Å². The molecule has 0 fully saturated rings. The molecule has 0 saturated heterocycles. The number of nitrogens with one attached hydrogen (secondary N) is 1. The lowest BCUT2D eigenvalue weighted by atomic mass is 10.1. The largest absolute Gasteiger partial charge is 0.493 e. The first-order chi connectivity index (χ1) is 14.2. The molecule has 0 aliphatic heterocycles. The summed E-state index contributed by atoms with van der Waals surface area (Å²) in [5.74, 6) is 0.0410. The average Bonchev–Trinajstić information content (AvgIpc) is 2.67. The van der Waals surface area contributed by atoms with Gasteiger partial charge < -0.3 is 14.2 Å². The monoisotopic (exact) mass is 415 g/mol. The van der Waals surface area contributed by atoms with Crippen molar-refractivity contribution in [2.45, 2.75) is 20.8 Å². The summed E-state index contributed by atoms with van der Waals surface area (Å²) < 4.78 is 15.7. The number of nitro benzene ring substituents is 1. The number of carbonyl (C=O) groups is 2. The van der Waals surface area contributed by atoms with E-state index in [1.54, 1.807) is 32.0 Å². The Labute approximate surface area is 172 Å². The van der Waals surface area contributed by atoms with Crippen LogP contribution in [0.25, 0.3) is 0 Å². The summed E-state index contributed by atoms with van der Waals surface area (Å²) in [5, 5.41) is 14.7. The maximum atomic E-state index is 12.0. The molecule has 10 heteroatoms. The van der Waals surface area contributed by atoms with Crippen molar-refractivity contribution in [2.24, 2.45) is 5.10 Å². The Morgan fingerprint density at radius 1 is 1.17 bits per heavy atom.